The molecular formula is C21H23ClFN5O2. The lowest BCUT2D eigenvalue weighted by molar-refractivity contribution is 0.0901. The molecule has 0 bridgehead atoms. The van der Waals surface area contributed by atoms with Gasteiger partial charge in [-0.2, -0.15) is 4.68 Å². The first-order valence-corrected chi connectivity index (χ1v) is 9.88. The molecule has 1 aromatic heterocycles. The summed E-state index contributed by atoms with van der Waals surface area (Å²) in [6.45, 7) is 5.88. The van der Waals surface area contributed by atoms with Gasteiger partial charge in [0.1, 0.15) is 5.69 Å². The highest BCUT2D eigenvalue weighted by molar-refractivity contribution is 6.33. The van der Waals surface area contributed by atoms with E-state index in [1.54, 1.807) is 31.2 Å². The average Bonchev–Trinajstić information content (AvgIpc) is 3.18. The molecule has 3 aromatic rings. The molecule has 1 N–H and O–H groups in total. The number of ether oxygens (including phenoxy) is 1. The fraction of sp³-hybridized carbons (Fsp3) is 0.333. The Kier molecular flexibility index (Phi) is 6.79. The molecule has 0 spiro atoms. The van der Waals surface area contributed by atoms with Crippen LogP contribution in [0.4, 0.5) is 4.39 Å². The van der Waals surface area contributed by atoms with Gasteiger partial charge in [0.15, 0.2) is 11.6 Å². The molecular weight excluding hydrogens is 409 g/mol. The summed E-state index contributed by atoms with van der Waals surface area (Å²) in [5, 5.41) is 14.8. The van der Waals surface area contributed by atoms with Crippen molar-refractivity contribution in [3.63, 3.8) is 0 Å². The molecule has 0 fully saturated rings. The van der Waals surface area contributed by atoms with Gasteiger partial charge in [-0.15, -0.1) is 5.10 Å². The monoisotopic (exact) mass is 431 g/mol. The van der Waals surface area contributed by atoms with Crippen LogP contribution in [0.25, 0.3) is 16.8 Å². The Hall–Kier alpha value is -2.84. The summed E-state index contributed by atoms with van der Waals surface area (Å²) in [5.74, 6) is -0.861. The molecule has 7 nitrogen and oxygen atoms in total. The molecule has 0 unspecified atom stereocenters. The van der Waals surface area contributed by atoms with Gasteiger partial charge in [-0.25, -0.2) is 4.39 Å². The molecule has 1 amide bonds. The van der Waals surface area contributed by atoms with Crippen molar-refractivity contribution >= 4 is 17.5 Å². The van der Waals surface area contributed by atoms with E-state index in [4.69, 9.17) is 16.3 Å². The molecule has 9 heteroatoms. The van der Waals surface area contributed by atoms with Crippen molar-refractivity contribution in [2.45, 2.75) is 32.7 Å². The number of methoxy groups -OCH3 is 1. The van der Waals surface area contributed by atoms with Crippen LogP contribution in [0.3, 0.4) is 0 Å². The molecule has 0 radical (unpaired) electrons. The highest BCUT2D eigenvalue weighted by atomic mass is 35.5. The number of hydrogen-bond donors (Lipinski definition) is 1. The van der Waals surface area contributed by atoms with Gasteiger partial charge in [0, 0.05) is 29.7 Å². The van der Waals surface area contributed by atoms with Gasteiger partial charge in [-0.3, -0.25) is 4.79 Å². The van der Waals surface area contributed by atoms with Crippen molar-refractivity contribution in [2.24, 2.45) is 0 Å². The van der Waals surface area contributed by atoms with E-state index in [-0.39, 0.29) is 23.2 Å². The molecule has 3 rings (SSSR count). The number of carbonyl (C=O) groups excluding carboxylic acids is 1. The lowest BCUT2D eigenvalue weighted by Gasteiger charge is -2.17. The number of carbonyl (C=O) groups is 1. The number of amides is 1. The van der Waals surface area contributed by atoms with E-state index in [1.165, 1.54) is 17.9 Å². The molecule has 0 aliphatic rings. The Morgan fingerprint density at radius 3 is 2.67 bits per heavy atom. The van der Waals surface area contributed by atoms with E-state index < -0.39 is 11.7 Å². The number of hydrogen-bond acceptors (Lipinski definition) is 5. The van der Waals surface area contributed by atoms with E-state index >= 15 is 4.39 Å². The zero-order chi connectivity index (χ0) is 21.8. The van der Waals surface area contributed by atoms with Crippen LogP contribution >= 0.6 is 11.6 Å². The van der Waals surface area contributed by atoms with E-state index in [2.05, 4.69) is 20.8 Å². The van der Waals surface area contributed by atoms with Gasteiger partial charge in [0.25, 0.3) is 5.91 Å². The molecule has 1 atom stereocenters. The lowest BCUT2D eigenvalue weighted by Crippen LogP contribution is -2.36. The average molecular weight is 432 g/mol. The first kappa shape index (κ1) is 21.9. The second-order valence-corrected chi connectivity index (χ2v) is 7.68. The van der Waals surface area contributed by atoms with E-state index in [0.717, 1.165) is 0 Å². The summed E-state index contributed by atoms with van der Waals surface area (Å²) < 4.78 is 21.9. The molecule has 2 aromatic carbocycles. The number of rotatable bonds is 7. The van der Waals surface area contributed by atoms with Crippen LogP contribution in [0, 0.1) is 5.82 Å². The van der Waals surface area contributed by atoms with E-state index in [9.17, 15) is 4.79 Å². The van der Waals surface area contributed by atoms with Crippen molar-refractivity contribution < 1.29 is 13.9 Å². The minimum Gasteiger partial charge on any atom is -0.383 e. The highest BCUT2D eigenvalue weighted by Crippen LogP contribution is 2.32. The van der Waals surface area contributed by atoms with Crippen LogP contribution in [0.2, 0.25) is 5.02 Å². The maximum Gasteiger partial charge on any atom is 0.254 e. The first-order valence-electron chi connectivity index (χ1n) is 9.50. The third-order valence-electron chi connectivity index (χ3n) is 4.52. The maximum atomic E-state index is 15.5. The standard InChI is InChI=1S/C21H23ClFN5O2/c1-12(2)20-25-26-27-28(20)18-10-14(15-7-5-6-8-17(15)22)9-16(19(18)23)21(29)24-13(3)11-30-4/h5-10,12-13H,11H2,1-4H3,(H,24,29)/t13-/m0/s1. The van der Waals surface area contributed by atoms with Crippen molar-refractivity contribution in [1.82, 2.24) is 25.5 Å². The Labute approximate surface area is 179 Å². The van der Waals surface area contributed by atoms with Gasteiger partial charge in [-0.1, -0.05) is 43.6 Å². The predicted octanol–water partition coefficient (Wildman–Crippen LogP) is 4.01. The number of tetrazole rings is 1. The fourth-order valence-electron chi connectivity index (χ4n) is 3.10. The third kappa shape index (κ3) is 4.49. The summed E-state index contributed by atoms with van der Waals surface area (Å²) >= 11 is 6.36. The van der Waals surface area contributed by atoms with Crippen molar-refractivity contribution in [3.05, 3.63) is 58.6 Å². The minimum absolute atomic E-state index is 0.0534. The Balaban J connectivity index is 2.19. The summed E-state index contributed by atoms with van der Waals surface area (Å²) in [4.78, 5) is 12.9. The molecule has 0 saturated carbocycles. The summed E-state index contributed by atoms with van der Waals surface area (Å²) in [7, 11) is 1.53. The van der Waals surface area contributed by atoms with Gasteiger partial charge in [0.2, 0.25) is 0 Å². The number of aromatic nitrogens is 4. The SMILES string of the molecule is COC[C@H](C)NC(=O)c1cc(-c2ccccc2Cl)cc(-n2nnnc2C(C)C)c1F. The molecule has 0 aliphatic heterocycles. The Morgan fingerprint density at radius 2 is 2.00 bits per heavy atom. The quantitative estimate of drug-likeness (QED) is 0.611. The van der Waals surface area contributed by atoms with Crippen molar-refractivity contribution in [2.75, 3.05) is 13.7 Å². The van der Waals surface area contributed by atoms with Crippen molar-refractivity contribution in [3.8, 4) is 16.8 Å². The summed E-state index contributed by atoms with van der Waals surface area (Å²) in [6, 6.07) is 9.93. The minimum atomic E-state index is -0.720. The molecule has 30 heavy (non-hydrogen) atoms. The van der Waals surface area contributed by atoms with Gasteiger partial charge >= 0.3 is 0 Å². The number of nitrogens with one attached hydrogen (secondary N) is 1. The second-order valence-electron chi connectivity index (χ2n) is 7.27. The van der Waals surface area contributed by atoms with Gasteiger partial charge < -0.3 is 10.1 Å². The van der Waals surface area contributed by atoms with Gasteiger partial charge in [-0.05, 0) is 41.1 Å². The first-order chi connectivity index (χ1) is 14.3. The molecule has 1 heterocycles. The summed E-state index contributed by atoms with van der Waals surface area (Å²) in [5.41, 5.74) is 1.19. The Bertz CT molecular complexity index is 1050. The topological polar surface area (TPSA) is 81.9 Å². The predicted molar refractivity (Wildman–Crippen MR) is 112 cm³/mol. The lowest BCUT2D eigenvalue weighted by atomic mass is 10.0. The van der Waals surface area contributed by atoms with Crippen LogP contribution in [-0.2, 0) is 4.74 Å². The normalized spacial score (nSPS) is 12.2. The van der Waals surface area contributed by atoms with E-state index in [0.29, 0.717) is 28.6 Å². The van der Waals surface area contributed by atoms with E-state index in [1.807, 2.05) is 19.9 Å². The largest absolute Gasteiger partial charge is 0.383 e. The molecule has 158 valence electrons. The fourth-order valence-corrected chi connectivity index (χ4v) is 3.34. The molecule has 0 saturated heterocycles. The summed E-state index contributed by atoms with van der Waals surface area (Å²) in [6.07, 6.45) is 0. The van der Waals surface area contributed by atoms with Crippen molar-refractivity contribution in [1.29, 1.82) is 0 Å². The van der Waals surface area contributed by atoms with Gasteiger partial charge in [0.05, 0.1) is 12.2 Å². The van der Waals surface area contributed by atoms with Crippen LogP contribution < -0.4 is 5.32 Å². The Morgan fingerprint density at radius 1 is 1.27 bits per heavy atom. The maximum absolute atomic E-state index is 15.5. The third-order valence-corrected chi connectivity index (χ3v) is 4.84. The number of nitrogens with zero attached hydrogens (tertiary/aromatic N) is 4. The van der Waals surface area contributed by atoms with Crippen LogP contribution in [0.1, 0.15) is 42.9 Å². The number of halogens is 2. The highest BCUT2D eigenvalue weighted by Gasteiger charge is 2.23. The zero-order valence-corrected chi connectivity index (χ0v) is 17.9. The van der Waals surface area contributed by atoms with Crippen LogP contribution in [0.15, 0.2) is 36.4 Å². The molecule has 0 aliphatic carbocycles. The zero-order valence-electron chi connectivity index (χ0n) is 17.2. The number of benzene rings is 2. The second kappa shape index (κ2) is 9.32. The van der Waals surface area contributed by atoms with Crippen LogP contribution in [0.5, 0.6) is 0 Å². The smallest absolute Gasteiger partial charge is 0.254 e. The van der Waals surface area contributed by atoms with Crippen LogP contribution in [-0.4, -0.2) is 45.9 Å².